The predicted octanol–water partition coefficient (Wildman–Crippen LogP) is 3.38. The quantitative estimate of drug-likeness (QED) is 0.759. The van der Waals surface area contributed by atoms with E-state index in [-0.39, 0.29) is 0 Å². The summed E-state index contributed by atoms with van der Waals surface area (Å²) in [6.45, 7) is 12.9. The van der Waals surface area contributed by atoms with Gasteiger partial charge in [-0.05, 0) is 32.5 Å². The lowest BCUT2D eigenvalue weighted by Crippen LogP contribution is -2.32. The second-order valence-corrected chi connectivity index (χ2v) is 3.79. The number of pyridine rings is 1. The summed E-state index contributed by atoms with van der Waals surface area (Å²) in [6.07, 6.45) is 2.91. The summed E-state index contributed by atoms with van der Waals surface area (Å²) >= 11 is 0. The first kappa shape index (κ1) is 15.1. The molecular weight excluding hydrogens is 196 g/mol. The van der Waals surface area contributed by atoms with Gasteiger partial charge in [-0.25, -0.2) is 0 Å². The van der Waals surface area contributed by atoms with Gasteiger partial charge in [0.1, 0.15) is 0 Å². The van der Waals surface area contributed by atoms with E-state index in [1.165, 1.54) is 5.69 Å². The van der Waals surface area contributed by atoms with Crippen LogP contribution in [0.25, 0.3) is 0 Å². The number of rotatable bonds is 5. The molecule has 0 saturated carbocycles. The molecule has 0 radical (unpaired) electrons. The van der Waals surface area contributed by atoms with Gasteiger partial charge in [-0.3, -0.25) is 4.98 Å². The summed E-state index contributed by atoms with van der Waals surface area (Å²) in [5.41, 5.74) is 1.19. The molecule has 1 heterocycles. The molecule has 16 heavy (non-hydrogen) atoms. The maximum absolute atomic E-state index is 4.32. The number of likely N-dealkylation sites (N-methyl/N-ethyl adjacent to an activating group) is 1. The first-order valence-corrected chi connectivity index (χ1v) is 6.38. The normalized spacial score (nSPS) is 10.2. The first-order valence-electron chi connectivity index (χ1n) is 6.38. The minimum absolute atomic E-state index is 0.628. The van der Waals surface area contributed by atoms with E-state index >= 15 is 0 Å². The zero-order valence-electron chi connectivity index (χ0n) is 11.4. The van der Waals surface area contributed by atoms with E-state index in [2.05, 4.69) is 36.7 Å². The maximum Gasteiger partial charge on any atom is 0.0416 e. The fourth-order valence-electron chi connectivity index (χ4n) is 1.59. The van der Waals surface area contributed by atoms with Crippen LogP contribution in [0.3, 0.4) is 0 Å². The van der Waals surface area contributed by atoms with Crippen LogP contribution in [-0.2, 0) is 6.42 Å². The largest absolute Gasteiger partial charge is 0.301 e. The molecule has 0 unspecified atom stereocenters. The van der Waals surface area contributed by atoms with Gasteiger partial charge in [-0.15, -0.1) is 0 Å². The molecule has 0 fully saturated rings. The Morgan fingerprint density at radius 1 is 1.25 bits per heavy atom. The van der Waals surface area contributed by atoms with Crippen molar-refractivity contribution in [1.29, 1.82) is 0 Å². The molecular formula is C14H26N2. The number of hydrogen-bond acceptors (Lipinski definition) is 2. The van der Waals surface area contributed by atoms with Crippen molar-refractivity contribution in [3.8, 4) is 0 Å². The number of aromatic nitrogens is 1. The molecule has 1 aromatic heterocycles. The van der Waals surface area contributed by atoms with Gasteiger partial charge in [-0.1, -0.05) is 26.8 Å². The monoisotopic (exact) mass is 222 g/mol. The zero-order valence-corrected chi connectivity index (χ0v) is 11.4. The lowest BCUT2D eigenvalue weighted by Gasteiger charge is -2.24. The minimum atomic E-state index is 0.628. The second kappa shape index (κ2) is 9.34. The standard InChI is InChI=1S/C12H20N2.C2H6/c1-4-14(11(2)3)10-8-12-7-5-6-9-13-12;1-2/h5-7,9,11H,4,8,10H2,1-3H3;1-2H3. The smallest absolute Gasteiger partial charge is 0.0416 e. The summed E-state index contributed by atoms with van der Waals surface area (Å²) < 4.78 is 0. The molecule has 1 rings (SSSR count). The summed E-state index contributed by atoms with van der Waals surface area (Å²) in [5, 5.41) is 0. The molecule has 0 N–H and O–H groups in total. The van der Waals surface area contributed by atoms with Crippen molar-refractivity contribution in [2.24, 2.45) is 0 Å². The zero-order chi connectivity index (χ0) is 12.4. The van der Waals surface area contributed by atoms with Gasteiger partial charge in [0.2, 0.25) is 0 Å². The molecule has 2 nitrogen and oxygen atoms in total. The van der Waals surface area contributed by atoms with Gasteiger partial charge in [0, 0.05) is 30.9 Å². The Morgan fingerprint density at radius 3 is 2.38 bits per heavy atom. The van der Waals surface area contributed by atoms with E-state index in [0.717, 1.165) is 19.5 Å². The van der Waals surface area contributed by atoms with Crippen molar-refractivity contribution >= 4 is 0 Å². The van der Waals surface area contributed by atoms with Crippen LogP contribution in [0.2, 0.25) is 0 Å². The van der Waals surface area contributed by atoms with Gasteiger partial charge >= 0.3 is 0 Å². The van der Waals surface area contributed by atoms with Crippen molar-refractivity contribution in [2.75, 3.05) is 13.1 Å². The van der Waals surface area contributed by atoms with Crippen LogP contribution in [-0.4, -0.2) is 29.0 Å². The number of hydrogen-bond donors (Lipinski definition) is 0. The lowest BCUT2D eigenvalue weighted by atomic mass is 10.2. The van der Waals surface area contributed by atoms with E-state index in [0.29, 0.717) is 6.04 Å². The van der Waals surface area contributed by atoms with Crippen LogP contribution in [0.5, 0.6) is 0 Å². The lowest BCUT2D eigenvalue weighted by molar-refractivity contribution is 0.236. The van der Waals surface area contributed by atoms with Crippen LogP contribution < -0.4 is 0 Å². The Balaban J connectivity index is 0.00000106. The van der Waals surface area contributed by atoms with Crippen molar-refractivity contribution in [3.63, 3.8) is 0 Å². The highest BCUT2D eigenvalue weighted by atomic mass is 15.1. The molecule has 0 saturated heterocycles. The predicted molar refractivity (Wildman–Crippen MR) is 71.7 cm³/mol. The topological polar surface area (TPSA) is 16.1 Å². The van der Waals surface area contributed by atoms with Gasteiger partial charge in [-0.2, -0.15) is 0 Å². The van der Waals surface area contributed by atoms with Gasteiger partial charge in [0.25, 0.3) is 0 Å². The van der Waals surface area contributed by atoms with Gasteiger partial charge < -0.3 is 4.90 Å². The summed E-state index contributed by atoms with van der Waals surface area (Å²) in [4.78, 5) is 6.77. The van der Waals surface area contributed by atoms with Crippen LogP contribution >= 0.6 is 0 Å². The molecule has 0 aliphatic rings. The maximum atomic E-state index is 4.32. The van der Waals surface area contributed by atoms with E-state index in [4.69, 9.17) is 0 Å². The Morgan fingerprint density at radius 2 is 1.94 bits per heavy atom. The molecule has 2 heteroatoms. The minimum Gasteiger partial charge on any atom is -0.301 e. The molecule has 0 spiro atoms. The average molecular weight is 222 g/mol. The fraction of sp³-hybridized carbons (Fsp3) is 0.643. The second-order valence-electron chi connectivity index (χ2n) is 3.79. The van der Waals surface area contributed by atoms with E-state index in [1.807, 2.05) is 32.2 Å². The third kappa shape index (κ3) is 5.86. The Hall–Kier alpha value is -0.890. The summed E-state index contributed by atoms with van der Waals surface area (Å²) in [6, 6.07) is 6.73. The van der Waals surface area contributed by atoms with Crippen molar-refractivity contribution in [1.82, 2.24) is 9.88 Å². The highest BCUT2D eigenvalue weighted by Gasteiger charge is 2.06. The highest BCUT2D eigenvalue weighted by Crippen LogP contribution is 2.01. The van der Waals surface area contributed by atoms with Crippen LogP contribution in [0.1, 0.15) is 40.3 Å². The van der Waals surface area contributed by atoms with Crippen molar-refractivity contribution in [3.05, 3.63) is 30.1 Å². The first-order chi connectivity index (χ1) is 7.74. The average Bonchev–Trinajstić information content (AvgIpc) is 2.33. The molecule has 0 aliphatic heterocycles. The van der Waals surface area contributed by atoms with Crippen LogP contribution in [0.4, 0.5) is 0 Å². The molecule has 0 aromatic carbocycles. The molecule has 1 aromatic rings. The third-order valence-electron chi connectivity index (χ3n) is 2.52. The molecule has 92 valence electrons. The molecule has 0 aliphatic carbocycles. The van der Waals surface area contributed by atoms with E-state index < -0.39 is 0 Å². The molecule has 0 atom stereocenters. The van der Waals surface area contributed by atoms with E-state index in [1.54, 1.807) is 0 Å². The Kier molecular flexibility index (Phi) is 8.82. The third-order valence-corrected chi connectivity index (χ3v) is 2.52. The molecule has 0 amide bonds. The van der Waals surface area contributed by atoms with E-state index in [9.17, 15) is 0 Å². The van der Waals surface area contributed by atoms with Gasteiger partial charge in [0.05, 0.1) is 0 Å². The highest BCUT2D eigenvalue weighted by molar-refractivity contribution is 5.03. The van der Waals surface area contributed by atoms with Crippen LogP contribution in [0.15, 0.2) is 24.4 Å². The summed E-state index contributed by atoms with van der Waals surface area (Å²) in [7, 11) is 0. The summed E-state index contributed by atoms with van der Waals surface area (Å²) in [5.74, 6) is 0. The SMILES string of the molecule is CC.CCN(CCc1ccccn1)C(C)C. The fourth-order valence-corrected chi connectivity index (χ4v) is 1.59. The Labute approximate surface area is 101 Å². The van der Waals surface area contributed by atoms with Crippen molar-refractivity contribution in [2.45, 2.75) is 47.1 Å². The molecule has 0 bridgehead atoms. The van der Waals surface area contributed by atoms with Crippen molar-refractivity contribution < 1.29 is 0 Å². The Bertz CT molecular complexity index is 244. The number of nitrogens with zero attached hydrogens (tertiary/aromatic N) is 2. The van der Waals surface area contributed by atoms with Gasteiger partial charge in [0.15, 0.2) is 0 Å². The van der Waals surface area contributed by atoms with Crippen LogP contribution in [0, 0.1) is 0 Å².